The molecule has 1 heterocycles. The van der Waals surface area contributed by atoms with Crippen LogP contribution in [0.1, 0.15) is 12.7 Å². The van der Waals surface area contributed by atoms with Crippen molar-refractivity contribution in [1.82, 2.24) is 14.9 Å². The van der Waals surface area contributed by atoms with Gasteiger partial charge < -0.3 is 15.0 Å². The van der Waals surface area contributed by atoms with Gasteiger partial charge in [0.25, 0.3) is 0 Å². The first-order valence-corrected chi connectivity index (χ1v) is 6.08. The largest absolute Gasteiger partial charge is 0.395 e. The number of fused-ring (bicyclic) bond motifs is 1. The molecule has 96 valence electrons. The second-order valence-electron chi connectivity index (χ2n) is 4.03. The van der Waals surface area contributed by atoms with Crippen molar-refractivity contribution in [2.75, 3.05) is 13.2 Å². The lowest BCUT2D eigenvalue weighted by atomic mass is 10.3. The number of aliphatic hydroxyl groups is 1. The summed E-state index contributed by atoms with van der Waals surface area (Å²) in [6.45, 7) is 2.50. The number of rotatable bonds is 5. The van der Waals surface area contributed by atoms with Crippen molar-refractivity contribution in [1.29, 1.82) is 0 Å². The van der Waals surface area contributed by atoms with E-state index < -0.39 is 0 Å². The summed E-state index contributed by atoms with van der Waals surface area (Å²) in [5.41, 5.74) is 1.87. The lowest BCUT2D eigenvalue weighted by molar-refractivity contribution is -0.121. The van der Waals surface area contributed by atoms with Crippen LogP contribution in [0.2, 0.25) is 0 Å². The van der Waals surface area contributed by atoms with Gasteiger partial charge in [0, 0.05) is 13.0 Å². The van der Waals surface area contributed by atoms with Gasteiger partial charge in [0.15, 0.2) is 0 Å². The number of aromatic nitrogens is 2. The molecule has 0 unspecified atom stereocenters. The van der Waals surface area contributed by atoms with Gasteiger partial charge in [-0.25, -0.2) is 4.98 Å². The topological polar surface area (TPSA) is 67.2 Å². The molecule has 0 aliphatic carbocycles. The number of carbonyl (C=O) groups is 1. The van der Waals surface area contributed by atoms with Gasteiger partial charge in [-0.05, 0) is 12.1 Å². The zero-order valence-electron chi connectivity index (χ0n) is 10.4. The molecular formula is C13H17N3O2. The highest BCUT2D eigenvalue weighted by Gasteiger charge is 2.11. The van der Waals surface area contributed by atoms with Crippen LogP contribution in [0.3, 0.4) is 0 Å². The summed E-state index contributed by atoms with van der Waals surface area (Å²) in [5.74, 6) is 0.789. The van der Waals surface area contributed by atoms with Gasteiger partial charge in [-0.15, -0.1) is 0 Å². The zero-order chi connectivity index (χ0) is 13.0. The summed E-state index contributed by atoms with van der Waals surface area (Å²) in [4.78, 5) is 16.2. The third kappa shape index (κ3) is 2.51. The number of amides is 1. The molecule has 0 fully saturated rings. The number of nitrogens with one attached hydrogen (secondary N) is 1. The highest BCUT2D eigenvalue weighted by molar-refractivity contribution is 5.81. The summed E-state index contributed by atoms with van der Waals surface area (Å²) in [6, 6.07) is 7.77. The van der Waals surface area contributed by atoms with E-state index >= 15 is 0 Å². The molecule has 0 aliphatic rings. The fraction of sp³-hybridized carbons (Fsp3) is 0.385. The van der Waals surface area contributed by atoms with E-state index in [1.807, 2.05) is 35.8 Å². The molecule has 2 aromatic rings. The lowest BCUT2D eigenvalue weighted by Crippen LogP contribution is -2.30. The van der Waals surface area contributed by atoms with Gasteiger partial charge in [-0.1, -0.05) is 19.1 Å². The molecular weight excluding hydrogens is 230 g/mol. The minimum atomic E-state index is -0.109. The van der Waals surface area contributed by atoms with Crippen LogP contribution in [-0.4, -0.2) is 33.7 Å². The standard InChI is InChI=1S/C13H17N3O2/c1-2-12-15-10-5-3-4-6-11(10)16(12)9-13(18)14-7-8-17/h3-6,17H,2,7-9H2,1H3,(H,14,18). The minimum absolute atomic E-state index is 0.0446. The van der Waals surface area contributed by atoms with Crippen molar-refractivity contribution in [3.63, 3.8) is 0 Å². The van der Waals surface area contributed by atoms with E-state index in [1.54, 1.807) is 0 Å². The first-order chi connectivity index (χ1) is 8.76. The summed E-state index contributed by atoms with van der Waals surface area (Å²) >= 11 is 0. The van der Waals surface area contributed by atoms with E-state index in [0.717, 1.165) is 23.3 Å². The predicted octanol–water partition coefficient (Wildman–Crippen LogP) is 0.707. The maximum Gasteiger partial charge on any atom is 0.240 e. The number of carbonyl (C=O) groups excluding carboxylic acids is 1. The molecule has 2 rings (SSSR count). The molecule has 0 spiro atoms. The van der Waals surface area contributed by atoms with Crippen LogP contribution in [0.5, 0.6) is 0 Å². The van der Waals surface area contributed by atoms with Gasteiger partial charge in [0.05, 0.1) is 17.6 Å². The minimum Gasteiger partial charge on any atom is -0.395 e. The van der Waals surface area contributed by atoms with E-state index in [0.29, 0.717) is 0 Å². The maximum absolute atomic E-state index is 11.7. The van der Waals surface area contributed by atoms with E-state index in [1.165, 1.54) is 0 Å². The highest BCUT2D eigenvalue weighted by atomic mass is 16.3. The van der Waals surface area contributed by atoms with Crippen molar-refractivity contribution in [3.05, 3.63) is 30.1 Å². The Morgan fingerprint density at radius 3 is 2.94 bits per heavy atom. The summed E-state index contributed by atoms with van der Waals surface area (Å²) in [6.07, 6.45) is 0.780. The van der Waals surface area contributed by atoms with Gasteiger partial charge in [0.2, 0.25) is 5.91 Å². The Bertz CT molecular complexity index is 548. The molecule has 5 heteroatoms. The number of imidazole rings is 1. The molecule has 5 nitrogen and oxygen atoms in total. The Kier molecular flexibility index (Phi) is 3.94. The van der Waals surface area contributed by atoms with Crippen molar-refractivity contribution < 1.29 is 9.90 Å². The fourth-order valence-electron chi connectivity index (χ4n) is 1.97. The predicted molar refractivity (Wildman–Crippen MR) is 69.2 cm³/mol. The Labute approximate surface area is 105 Å². The van der Waals surface area contributed by atoms with Crippen LogP contribution in [0.15, 0.2) is 24.3 Å². The highest BCUT2D eigenvalue weighted by Crippen LogP contribution is 2.16. The second-order valence-corrected chi connectivity index (χ2v) is 4.03. The van der Waals surface area contributed by atoms with Gasteiger partial charge in [-0.3, -0.25) is 4.79 Å². The Morgan fingerprint density at radius 2 is 2.22 bits per heavy atom. The molecule has 1 aromatic carbocycles. The van der Waals surface area contributed by atoms with Crippen LogP contribution < -0.4 is 5.32 Å². The normalized spacial score (nSPS) is 10.8. The number of nitrogens with zero attached hydrogens (tertiary/aromatic N) is 2. The molecule has 1 aromatic heterocycles. The van der Waals surface area contributed by atoms with Gasteiger partial charge in [-0.2, -0.15) is 0 Å². The smallest absolute Gasteiger partial charge is 0.240 e. The van der Waals surface area contributed by atoms with Crippen molar-refractivity contribution in [2.24, 2.45) is 0 Å². The van der Waals surface area contributed by atoms with E-state index in [2.05, 4.69) is 10.3 Å². The second kappa shape index (κ2) is 5.64. The molecule has 18 heavy (non-hydrogen) atoms. The third-order valence-corrected chi connectivity index (χ3v) is 2.79. The third-order valence-electron chi connectivity index (χ3n) is 2.79. The Morgan fingerprint density at radius 1 is 1.44 bits per heavy atom. The van der Waals surface area contributed by atoms with Crippen molar-refractivity contribution in [3.8, 4) is 0 Å². The van der Waals surface area contributed by atoms with E-state index in [-0.39, 0.29) is 25.6 Å². The number of para-hydroxylation sites is 2. The molecule has 0 bridgehead atoms. The number of aryl methyl sites for hydroxylation is 1. The summed E-state index contributed by atoms with van der Waals surface area (Å²) < 4.78 is 1.92. The number of hydrogen-bond acceptors (Lipinski definition) is 3. The summed E-state index contributed by atoms with van der Waals surface area (Å²) in [5, 5.41) is 11.3. The Hall–Kier alpha value is -1.88. The zero-order valence-corrected chi connectivity index (χ0v) is 10.4. The van der Waals surface area contributed by atoms with Crippen LogP contribution in [0.25, 0.3) is 11.0 Å². The molecule has 0 saturated heterocycles. The molecule has 0 aliphatic heterocycles. The van der Waals surface area contributed by atoms with E-state index in [4.69, 9.17) is 5.11 Å². The first kappa shape index (κ1) is 12.6. The van der Waals surface area contributed by atoms with Crippen LogP contribution in [-0.2, 0) is 17.8 Å². The average Bonchev–Trinajstić information content (AvgIpc) is 2.75. The molecule has 1 amide bonds. The van der Waals surface area contributed by atoms with Gasteiger partial charge >= 0.3 is 0 Å². The fourth-order valence-corrected chi connectivity index (χ4v) is 1.97. The van der Waals surface area contributed by atoms with Crippen LogP contribution >= 0.6 is 0 Å². The molecule has 2 N–H and O–H groups in total. The Balaban J connectivity index is 2.28. The van der Waals surface area contributed by atoms with Crippen LogP contribution in [0, 0.1) is 0 Å². The quantitative estimate of drug-likeness (QED) is 0.817. The number of hydrogen-bond donors (Lipinski definition) is 2. The lowest BCUT2D eigenvalue weighted by Gasteiger charge is -2.08. The monoisotopic (exact) mass is 247 g/mol. The first-order valence-electron chi connectivity index (χ1n) is 6.08. The number of benzene rings is 1. The van der Waals surface area contributed by atoms with Crippen molar-refractivity contribution >= 4 is 16.9 Å². The maximum atomic E-state index is 11.7. The van der Waals surface area contributed by atoms with Crippen molar-refractivity contribution in [2.45, 2.75) is 19.9 Å². The molecule has 0 atom stereocenters. The average molecular weight is 247 g/mol. The van der Waals surface area contributed by atoms with E-state index in [9.17, 15) is 4.79 Å². The van der Waals surface area contributed by atoms with Gasteiger partial charge in [0.1, 0.15) is 12.4 Å². The van der Waals surface area contributed by atoms with Crippen LogP contribution in [0.4, 0.5) is 0 Å². The number of aliphatic hydroxyl groups excluding tert-OH is 1. The molecule has 0 saturated carbocycles. The SMILES string of the molecule is CCc1nc2ccccc2n1CC(=O)NCCO. The molecule has 0 radical (unpaired) electrons. The summed E-state index contributed by atoms with van der Waals surface area (Å²) in [7, 11) is 0.